The monoisotopic (exact) mass is 787 g/mol. The molecule has 7 nitrogen and oxygen atoms in total. The Kier molecular flexibility index (Phi) is 36.0. The molecule has 0 atom stereocenters. The summed E-state index contributed by atoms with van der Waals surface area (Å²) in [7, 11) is 2.13. The largest absolute Gasteiger partial charge is 1.00 e. The van der Waals surface area contributed by atoms with E-state index in [1.807, 2.05) is 27.7 Å². The second kappa shape index (κ2) is 35.1. The topological polar surface area (TPSA) is 42.3 Å². The molecule has 0 saturated carbocycles. The van der Waals surface area contributed by atoms with Crippen LogP contribution in [-0.2, 0) is 0 Å². The SMILES string of the molecule is CC.CC.CC(C)N1CCC(CC2CCNCC2)CC1.CC(C)N1CC[CH-]CC1.CC1CCN(CC2CCN(C(C)C)CC2)CC1.CN1CC[N-]CC1.[K+]. The number of rotatable bonds is 7. The van der Waals surface area contributed by atoms with Gasteiger partial charge in [-0.1, -0.05) is 34.6 Å². The van der Waals surface area contributed by atoms with Gasteiger partial charge >= 0.3 is 51.4 Å². The van der Waals surface area contributed by atoms with E-state index in [2.05, 4.69) is 97.1 Å². The number of piperazine rings is 1. The van der Waals surface area contributed by atoms with E-state index in [-0.39, 0.29) is 51.4 Å². The Bertz CT molecular complexity index is 772. The van der Waals surface area contributed by atoms with Crippen LogP contribution in [-0.4, -0.2) is 148 Å². The van der Waals surface area contributed by atoms with Crippen LogP contribution in [0, 0.1) is 30.1 Å². The number of nitrogens with one attached hydrogen (secondary N) is 1. The van der Waals surface area contributed by atoms with E-state index >= 15 is 0 Å². The van der Waals surface area contributed by atoms with Crippen LogP contribution in [0.2, 0.25) is 0 Å². The van der Waals surface area contributed by atoms with Gasteiger partial charge in [0.2, 0.25) is 0 Å². The van der Waals surface area contributed by atoms with Crippen molar-refractivity contribution in [1.29, 1.82) is 0 Å². The molecule has 0 aromatic heterocycles. The quantitative estimate of drug-likeness (QED) is 0.239. The summed E-state index contributed by atoms with van der Waals surface area (Å²) in [6.45, 7) is 43.1. The Hall–Kier alpha value is 1.36. The fourth-order valence-electron chi connectivity index (χ4n) is 8.55. The van der Waals surface area contributed by atoms with Crippen LogP contribution in [0.4, 0.5) is 0 Å². The number of nitrogens with zero attached hydrogens (tertiary/aromatic N) is 6. The van der Waals surface area contributed by atoms with Crippen molar-refractivity contribution in [3.8, 4) is 0 Å². The fraction of sp³-hybridized carbons (Fsp3) is 0.978. The van der Waals surface area contributed by atoms with Gasteiger partial charge in [0.15, 0.2) is 0 Å². The second-order valence-corrected chi connectivity index (χ2v) is 17.5. The summed E-state index contributed by atoms with van der Waals surface area (Å²) in [5.41, 5.74) is 0. The van der Waals surface area contributed by atoms with Crippen molar-refractivity contribution >= 4 is 0 Å². The van der Waals surface area contributed by atoms with Crippen molar-refractivity contribution in [2.45, 2.75) is 165 Å². The molecule has 6 heterocycles. The number of likely N-dealkylation sites (N-methyl/N-ethyl adjacent to an activating group) is 1. The minimum absolute atomic E-state index is 0. The van der Waals surface area contributed by atoms with Crippen molar-refractivity contribution in [1.82, 2.24) is 29.8 Å². The molecule has 6 aliphatic heterocycles. The zero-order valence-electron chi connectivity index (χ0n) is 39.2. The second-order valence-electron chi connectivity index (χ2n) is 17.5. The van der Waals surface area contributed by atoms with E-state index in [0.29, 0.717) is 0 Å². The molecule has 0 radical (unpaired) electrons. The minimum atomic E-state index is 0. The molecule has 0 bridgehead atoms. The molecule has 0 unspecified atom stereocenters. The third kappa shape index (κ3) is 25.8. The van der Waals surface area contributed by atoms with Crippen LogP contribution >= 0.6 is 0 Å². The Morgan fingerprint density at radius 1 is 0.556 bits per heavy atom. The number of likely N-dealkylation sites (tertiary alicyclic amines) is 4. The van der Waals surface area contributed by atoms with Crippen molar-refractivity contribution < 1.29 is 51.4 Å². The Morgan fingerprint density at radius 2 is 0.963 bits per heavy atom. The average molecular weight is 787 g/mol. The predicted molar refractivity (Wildman–Crippen MR) is 237 cm³/mol. The summed E-state index contributed by atoms with van der Waals surface area (Å²) in [4.78, 5) is 12.8. The molecule has 6 rings (SSSR count). The van der Waals surface area contributed by atoms with Crippen LogP contribution in [0.3, 0.4) is 0 Å². The standard InChI is InChI=1S/C15H30N2.C14H28N2.C8H16N.C5H11N2.2C2H6.K/c1-13(2)17-10-6-15(7-11-17)12-16-8-4-14(3)5-9-16;1-12(2)16-9-5-14(6-10-16)11-13-3-7-15-8-4-13;1-8(2)9-6-4-3-5-7-9;1-7-4-2-6-3-5-7;2*1-2;/h13-15H,4-12H2,1-3H3;12-15H,3-11H2,1-2H3;3,8H,4-7H2,1-2H3;2-5H2,1H3;2*1-2H3;/q;;2*-1;;;+1. The Balaban J connectivity index is 0.000000700. The van der Waals surface area contributed by atoms with E-state index in [9.17, 15) is 0 Å². The maximum atomic E-state index is 4.19. The first-order valence-corrected chi connectivity index (χ1v) is 23.4. The maximum absolute atomic E-state index is 4.19. The van der Waals surface area contributed by atoms with Gasteiger partial charge in [-0.3, -0.25) is 0 Å². The first kappa shape index (κ1) is 55.4. The van der Waals surface area contributed by atoms with Gasteiger partial charge in [-0.15, -0.1) is 13.1 Å². The number of hydrogen-bond donors (Lipinski definition) is 1. The molecule has 6 fully saturated rings. The summed E-state index contributed by atoms with van der Waals surface area (Å²) >= 11 is 0. The van der Waals surface area contributed by atoms with E-state index < -0.39 is 0 Å². The molecule has 6 aliphatic rings. The first-order valence-electron chi connectivity index (χ1n) is 23.4. The van der Waals surface area contributed by atoms with Crippen molar-refractivity contribution in [3.05, 3.63) is 11.7 Å². The molecular weight excluding hydrogens is 690 g/mol. The molecule has 6 saturated heterocycles. The van der Waals surface area contributed by atoms with Gasteiger partial charge in [-0.05, 0) is 209 Å². The van der Waals surface area contributed by atoms with Crippen LogP contribution in [0.5, 0.6) is 0 Å². The molecule has 8 heteroatoms. The predicted octanol–water partition coefficient (Wildman–Crippen LogP) is 6.39. The van der Waals surface area contributed by atoms with Crippen LogP contribution in [0.15, 0.2) is 0 Å². The Morgan fingerprint density at radius 3 is 1.35 bits per heavy atom. The number of piperidine rings is 5. The molecule has 318 valence electrons. The van der Waals surface area contributed by atoms with Gasteiger partial charge in [-0.25, -0.2) is 0 Å². The zero-order chi connectivity index (χ0) is 39.4. The Labute approximate surface area is 383 Å². The third-order valence-corrected chi connectivity index (χ3v) is 12.5. The van der Waals surface area contributed by atoms with Crippen molar-refractivity contribution in [2.75, 3.05) is 105 Å². The zero-order valence-corrected chi connectivity index (χ0v) is 42.3. The number of hydrogen-bond acceptors (Lipinski definition) is 6. The van der Waals surface area contributed by atoms with E-state index in [1.165, 1.54) is 143 Å². The molecule has 0 aromatic rings. The third-order valence-electron chi connectivity index (χ3n) is 12.5. The van der Waals surface area contributed by atoms with Crippen LogP contribution in [0.25, 0.3) is 5.32 Å². The maximum Gasteiger partial charge on any atom is 1.00 e. The molecule has 0 spiro atoms. The minimum Gasteiger partial charge on any atom is -0.660 e. The van der Waals surface area contributed by atoms with Crippen LogP contribution in [0.1, 0.15) is 147 Å². The smallest absolute Gasteiger partial charge is 0.660 e. The molecule has 54 heavy (non-hydrogen) atoms. The van der Waals surface area contributed by atoms with Gasteiger partial charge in [0.05, 0.1) is 0 Å². The summed E-state index contributed by atoms with van der Waals surface area (Å²) in [5.74, 6) is 3.99. The fourth-order valence-corrected chi connectivity index (χ4v) is 8.55. The van der Waals surface area contributed by atoms with Gasteiger partial charge in [0, 0.05) is 24.7 Å². The van der Waals surface area contributed by atoms with Crippen molar-refractivity contribution in [2.24, 2.45) is 23.7 Å². The van der Waals surface area contributed by atoms with Crippen molar-refractivity contribution in [3.63, 3.8) is 0 Å². The molecule has 1 N–H and O–H groups in total. The molecular formula is C46H97KN7-. The normalized spacial score (nSPS) is 23.6. The summed E-state index contributed by atoms with van der Waals surface area (Å²) < 4.78 is 0. The summed E-state index contributed by atoms with van der Waals surface area (Å²) in [6, 6.07) is 2.24. The van der Waals surface area contributed by atoms with Gasteiger partial charge in [-0.2, -0.15) is 12.8 Å². The van der Waals surface area contributed by atoms with E-state index in [1.54, 1.807) is 0 Å². The van der Waals surface area contributed by atoms with Gasteiger partial charge < -0.3 is 41.6 Å². The van der Waals surface area contributed by atoms with Gasteiger partial charge in [0.1, 0.15) is 0 Å². The molecule has 0 aliphatic carbocycles. The average Bonchev–Trinajstić information content (AvgIpc) is 3.19. The summed E-state index contributed by atoms with van der Waals surface area (Å²) in [6.07, 6.45) is 17.9. The van der Waals surface area contributed by atoms with Crippen LogP contribution < -0.4 is 56.7 Å². The van der Waals surface area contributed by atoms with Gasteiger partial charge in [0.25, 0.3) is 0 Å². The van der Waals surface area contributed by atoms with E-state index in [0.717, 1.165) is 68.0 Å². The molecule has 0 aromatic carbocycles. The summed E-state index contributed by atoms with van der Waals surface area (Å²) in [5, 5.41) is 7.65. The molecule has 0 amide bonds. The first-order chi connectivity index (χ1) is 25.6. The van der Waals surface area contributed by atoms with E-state index in [4.69, 9.17) is 0 Å².